The van der Waals surface area contributed by atoms with Crippen molar-refractivity contribution in [3.05, 3.63) is 155 Å². The molecule has 224 valence electrons. The van der Waals surface area contributed by atoms with Crippen molar-refractivity contribution in [1.82, 2.24) is 5.32 Å². The minimum Gasteiger partial charge on any atom is -0.324 e. The molecule has 0 saturated carbocycles. The molecular weight excluding hydrogens is 602 g/mol. The van der Waals surface area contributed by atoms with Crippen LogP contribution >= 0.6 is 23.4 Å². The Balaban J connectivity index is 1.28. The van der Waals surface area contributed by atoms with E-state index in [1.807, 2.05) is 85.8 Å². The van der Waals surface area contributed by atoms with E-state index in [9.17, 15) is 14.4 Å². The molecule has 1 atom stereocenters. The van der Waals surface area contributed by atoms with Crippen LogP contribution < -0.4 is 16.0 Å². The molecule has 0 aliphatic heterocycles. The zero-order valence-electron chi connectivity index (χ0n) is 24.4. The molecule has 0 aliphatic carbocycles. The Hall–Kier alpha value is -5.11. The number of nitrogens with one attached hydrogen (secondary N) is 3. The van der Waals surface area contributed by atoms with Gasteiger partial charge < -0.3 is 16.0 Å². The van der Waals surface area contributed by atoms with Gasteiger partial charge in [-0.3, -0.25) is 14.4 Å². The van der Waals surface area contributed by atoms with Gasteiger partial charge in [0, 0.05) is 16.1 Å². The fourth-order valence-electron chi connectivity index (χ4n) is 4.38. The first-order valence-electron chi connectivity index (χ1n) is 14.2. The highest BCUT2D eigenvalue weighted by atomic mass is 35.5. The van der Waals surface area contributed by atoms with Crippen molar-refractivity contribution < 1.29 is 14.4 Å². The molecular formula is C37H30ClN3O3S. The summed E-state index contributed by atoms with van der Waals surface area (Å²) in [5.74, 6) is -1.04. The maximum absolute atomic E-state index is 13.5. The van der Waals surface area contributed by atoms with E-state index in [1.165, 1.54) is 11.8 Å². The molecule has 45 heavy (non-hydrogen) atoms. The van der Waals surface area contributed by atoms with Crippen LogP contribution in [0, 0.1) is 0 Å². The summed E-state index contributed by atoms with van der Waals surface area (Å²) in [6, 6.07) is 40.7. The SMILES string of the molecule is CC(Sc1ccc(NC(=O)/C(=C/c2ccc(-c3ccccc3)cc2)NC(=O)c2ccccc2)cc1)C(=O)Nc1ccccc1Cl. The van der Waals surface area contributed by atoms with E-state index in [0.29, 0.717) is 22.0 Å². The molecule has 5 aromatic carbocycles. The van der Waals surface area contributed by atoms with Gasteiger partial charge in [0.25, 0.3) is 11.8 Å². The van der Waals surface area contributed by atoms with E-state index < -0.39 is 17.1 Å². The van der Waals surface area contributed by atoms with Crippen LogP contribution in [0.15, 0.2) is 144 Å². The Kier molecular flexibility index (Phi) is 10.5. The molecule has 8 heteroatoms. The molecule has 0 aromatic heterocycles. The summed E-state index contributed by atoms with van der Waals surface area (Å²) in [4.78, 5) is 40.0. The second-order valence-corrected chi connectivity index (χ2v) is 11.9. The van der Waals surface area contributed by atoms with Gasteiger partial charge in [0.05, 0.1) is 16.0 Å². The van der Waals surface area contributed by atoms with Crippen LogP contribution in [0.2, 0.25) is 5.02 Å². The molecule has 3 N–H and O–H groups in total. The van der Waals surface area contributed by atoms with E-state index in [-0.39, 0.29) is 11.6 Å². The zero-order valence-corrected chi connectivity index (χ0v) is 25.9. The number of rotatable bonds is 10. The third kappa shape index (κ3) is 8.72. The summed E-state index contributed by atoms with van der Waals surface area (Å²) in [7, 11) is 0. The monoisotopic (exact) mass is 631 g/mol. The van der Waals surface area contributed by atoms with Crippen LogP contribution in [0.5, 0.6) is 0 Å². The summed E-state index contributed by atoms with van der Waals surface area (Å²) in [5, 5.41) is 8.58. The number of anilines is 2. The lowest BCUT2D eigenvalue weighted by molar-refractivity contribution is -0.115. The van der Waals surface area contributed by atoms with Gasteiger partial charge in [-0.15, -0.1) is 11.8 Å². The number of thioether (sulfide) groups is 1. The molecule has 0 fully saturated rings. The first kappa shape index (κ1) is 31.3. The van der Waals surface area contributed by atoms with Crippen LogP contribution in [-0.4, -0.2) is 23.0 Å². The van der Waals surface area contributed by atoms with Crippen molar-refractivity contribution in [3.63, 3.8) is 0 Å². The second kappa shape index (κ2) is 15.1. The van der Waals surface area contributed by atoms with E-state index in [1.54, 1.807) is 60.7 Å². The van der Waals surface area contributed by atoms with Gasteiger partial charge >= 0.3 is 0 Å². The van der Waals surface area contributed by atoms with Crippen molar-refractivity contribution in [1.29, 1.82) is 0 Å². The van der Waals surface area contributed by atoms with Gasteiger partial charge in [0.1, 0.15) is 5.70 Å². The number of amides is 3. The average Bonchev–Trinajstić information content (AvgIpc) is 3.07. The van der Waals surface area contributed by atoms with Crippen molar-refractivity contribution in [2.45, 2.75) is 17.1 Å². The molecule has 0 saturated heterocycles. The Bertz CT molecular complexity index is 1810. The molecule has 3 amide bonds. The maximum Gasteiger partial charge on any atom is 0.272 e. The fraction of sp³-hybridized carbons (Fsp3) is 0.0541. The number of carbonyl (C=O) groups excluding carboxylic acids is 3. The predicted molar refractivity (Wildman–Crippen MR) is 184 cm³/mol. The molecule has 1 unspecified atom stereocenters. The third-order valence-electron chi connectivity index (χ3n) is 6.78. The quantitative estimate of drug-likeness (QED) is 0.106. The number of halogens is 1. The Labute approximate surface area is 271 Å². The van der Waals surface area contributed by atoms with E-state index in [0.717, 1.165) is 21.6 Å². The smallest absolute Gasteiger partial charge is 0.272 e. The van der Waals surface area contributed by atoms with Crippen LogP contribution in [0.4, 0.5) is 11.4 Å². The summed E-state index contributed by atoms with van der Waals surface area (Å²) in [6.07, 6.45) is 1.65. The largest absolute Gasteiger partial charge is 0.324 e. The molecule has 0 heterocycles. The van der Waals surface area contributed by atoms with E-state index in [2.05, 4.69) is 16.0 Å². The molecule has 5 rings (SSSR count). The number of carbonyl (C=O) groups is 3. The number of hydrogen-bond acceptors (Lipinski definition) is 4. The lowest BCUT2D eigenvalue weighted by Gasteiger charge is -2.14. The van der Waals surface area contributed by atoms with Gasteiger partial charge in [-0.05, 0) is 78.2 Å². The number of para-hydroxylation sites is 1. The second-order valence-electron chi connectivity index (χ2n) is 10.1. The minimum absolute atomic E-state index is 0.0969. The number of hydrogen-bond donors (Lipinski definition) is 3. The van der Waals surface area contributed by atoms with Gasteiger partial charge in [-0.1, -0.05) is 96.5 Å². The summed E-state index contributed by atoms with van der Waals surface area (Å²) in [6.45, 7) is 1.81. The molecule has 6 nitrogen and oxygen atoms in total. The van der Waals surface area contributed by atoms with Crippen molar-refractivity contribution in [2.24, 2.45) is 0 Å². The topological polar surface area (TPSA) is 87.3 Å². The summed E-state index contributed by atoms with van der Waals surface area (Å²) >= 11 is 7.55. The van der Waals surface area contributed by atoms with Crippen molar-refractivity contribution >= 4 is 58.5 Å². The average molecular weight is 632 g/mol. The van der Waals surface area contributed by atoms with Crippen LogP contribution in [0.1, 0.15) is 22.8 Å². The van der Waals surface area contributed by atoms with Crippen molar-refractivity contribution in [3.8, 4) is 11.1 Å². The minimum atomic E-state index is -0.473. The van der Waals surface area contributed by atoms with E-state index in [4.69, 9.17) is 11.6 Å². The lowest BCUT2D eigenvalue weighted by atomic mass is 10.0. The Morgan fingerprint density at radius 3 is 1.96 bits per heavy atom. The van der Waals surface area contributed by atoms with Crippen LogP contribution in [0.25, 0.3) is 17.2 Å². The number of benzene rings is 5. The molecule has 0 aliphatic rings. The summed E-state index contributed by atoms with van der Waals surface area (Å²) in [5.41, 5.74) is 4.51. The van der Waals surface area contributed by atoms with E-state index >= 15 is 0 Å². The van der Waals surface area contributed by atoms with Gasteiger partial charge in [-0.25, -0.2) is 0 Å². The third-order valence-corrected chi connectivity index (χ3v) is 8.23. The van der Waals surface area contributed by atoms with Crippen LogP contribution in [-0.2, 0) is 9.59 Å². The maximum atomic E-state index is 13.5. The lowest BCUT2D eigenvalue weighted by Crippen LogP contribution is -2.30. The molecule has 0 radical (unpaired) electrons. The highest BCUT2D eigenvalue weighted by molar-refractivity contribution is 8.00. The normalized spacial score (nSPS) is 11.7. The highest BCUT2D eigenvalue weighted by Crippen LogP contribution is 2.27. The first-order chi connectivity index (χ1) is 21.9. The van der Waals surface area contributed by atoms with Gasteiger partial charge in [-0.2, -0.15) is 0 Å². The highest BCUT2D eigenvalue weighted by Gasteiger charge is 2.17. The van der Waals surface area contributed by atoms with Gasteiger partial charge in [0.15, 0.2) is 0 Å². The van der Waals surface area contributed by atoms with Gasteiger partial charge in [0.2, 0.25) is 5.91 Å². The van der Waals surface area contributed by atoms with Crippen LogP contribution in [0.3, 0.4) is 0 Å². The summed E-state index contributed by atoms with van der Waals surface area (Å²) < 4.78 is 0. The standard InChI is InChI=1S/C37H30ClN3O3S/c1-25(35(42)40-33-15-9-8-14-32(33)38)45-31-22-20-30(21-23-31)39-37(44)34(41-36(43)29-12-6-3-7-13-29)24-26-16-18-28(19-17-26)27-10-4-2-5-11-27/h2-25H,1H3,(H,39,44)(H,40,42)(H,41,43)/b34-24-. The molecule has 0 spiro atoms. The molecule has 5 aromatic rings. The zero-order chi connectivity index (χ0) is 31.6. The van der Waals surface area contributed by atoms with Crippen molar-refractivity contribution in [2.75, 3.05) is 10.6 Å². The Morgan fingerprint density at radius 1 is 0.689 bits per heavy atom. The first-order valence-corrected chi connectivity index (χ1v) is 15.5. The molecule has 0 bridgehead atoms. The predicted octanol–water partition coefficient (Wildman–Crippen LogP) is 8.54. The fourth-order valence-corrected chi connectivity index (χ4v) is 5.43. The Morgan fingerprint density at radius 2 is 1.29 bits per heavy atom.